The maximum absolute atomic E-state index is 11.6. The summed E-state index contributed by atoms with van der Waals surface area (Å²) >= 11 is 0. The van der Waals surface area contributed by atoms with Crippen molar-refractivity contribution in [3.63, 3.8) is 0 Å². The van der Waals surface area contributed by atoms with Crippen molar-refractivity contribution in [2.75, 3.05) is 13.6 Å². The zero-order chi connectivity index (χ0) is 11.5. The molecular formula is C12H23NO2. The smallest absolute Gasteiger partial charge is 0.307 e. The molecule has 88 valence electrons. The van der Waals surface area contributed by atoms with Gasteiger partial charge < -0.3 is 9.64 Å². The Labute approximate surface area is 92.8 Å². The average Bonchev–Trinajstić information content (AvgIpc) is 2.05. The first-order chi connectivity index (χ1) is 6.88. The lowest BCUT2D eigenvalue weighted by Gasteiger charge is -2.32. The second kappa shape index (κ2) is 4.97. The Hall–Kier alpha value is -0.570. The molecule has 1 atom stereocenters. The van der Waals surface area contributed by atoms with Crippen LogP contribution in [0, 0.1) is 0 Å². The number of likely N-dealkylation sites (tertiary alicyclic amines) is 1. The number of nitrogens with zero attached hydrogens (tertiary/aromatic N) is 1. The first-order valence-electron chi connectivity index (χ1n) is 5.80. The van der Waals surface area contributed by atoms with Crippen molar-refractivity contribution >= 4 is 5.97 Å². The molecule has 0 spiro atoms. The molecule has 1 aliphatic rings. The molecule has 3 nitrogen and oxygen atoms in total. The third-order valence-corrected chi connectivity index (χ3v) is 2.74. The lowest BCUT2D eigenvalue weighted by atomic mass is 10.0. The molecule has 1 heterocycles. The van der Waals surface area contributed by atoms with Gasteiger partial charge in [0.2, 0.25) is 0 Å². The monoisotopic (exact) mass is 213 g/mol. The Morgan fingerprint density at radius 1 is 1.40 bits per heavy atom. The topological polar surface area (TPSA) is 29.5 Å². The molecule has 0 saturated carbocycles. The highest BCUT2D eigenvalue weighted by Gasteiger charge is 2.24. The van der Waals surface area contributed by atoms with E-state index in [1.54, 1.807) is 0 Å². The maximum Gasteiger partial charge on any atom is 0.307 e. The van der Waals surface area contributed by atoms with Crippen molar-refractivity contribution in [1.82, 2.24) is 4.90 Å². The molecule has 3 heteroatoms. The molecule has 0 aromatic rings. The van der Waals surface area contributed by atoms with Gasteiger partial charge in [-0.25, -0.2) is 0 Å². The molecule has 0 aliphatic carbocycles. The minimum absolute atomic E-state index is 0.0683. The maximum atomic E-state index is 11.6. The van der Waals surface area contributed by atoms with E-state index in [0.29, 0.717) is 12.5 Å². The first kappa shape index (κ1) is 12.5. The normalized spacial score (nSPS) is 23.9. The summed E-state index contributed by atoms with van der Waals surface area (Å²) in [6, 6.07) is 0.383. The van der Waals surface area contributed by atoms with Gasteiger partial charge in [0.15, 0.2) is 0 Å². The van der Waals surface area contributed by atoms with Gasteiger partial charge in [0.25, 0.3) is 0 Å². The lowest BCUT2D eigenvalue weighted by molar-refractivity contribution is -0.156. The average molecular weight is 213 g/mol. The van der Waals surface area contributed by atoms with Crippen molar-refractivity contribution < 1.29 is 9.53 Å². The number of rotatable bonds is 2. The SMILES string of the molecule is CN1CCCCC1CC(=O)OC(C)(C)C. The highest BCUT2D eigenvalue weighted by Crippen LogP contribution is 2.19. The number of esters is 1. The van der Waals surface area contributed by atoms with Gasteiger partial charge in [-0.15, -0.1) is 0 Å². The van der Waals surface area contributed by atoms with Crippen molar-refractivity contribution in [2.24, 2.45) is 0 Å². The number of hydrogen-bond acceptors (Lipinski definition) is 3. The van der Waals surface area contributed by atoms with Gasteiger partial charge >= 0.3 is 5.97 Å². The van der Waals surface area contributed by atoms with Crippen molar-refractivity contribution in [3.8, 4) is 0 Å². The second-order valence-corrected chi connectivity index (χ2v) is 5.42. The van der Waals surface area contributed by atoms with E-state index in [9.17, 15) is 4.79 Å². The van der Waals surface area contributed by atoms with Crippen molar-refractivity contribution in [1.29, 1.82) is 0 Å². The molecular weight excluding hydrogens is 190 g/mol. The minimum Gasteiger partial charge on any atom is -0.460 e. The zero-order valence-corrected chi connectivity index (χ0v) is 10.4. The van der Waals surface area contributed by atoms with Crippen LogP contribution in [0.15, 0.2) is 0 Å². The molecule has 0 bridgehead atoms. The van der Waals surface area contributed by atoms with Gasteiger partial charge in [-0.05, 0) is 47.2 Å². The Morgan fingerprint density at radius 2 is 2.07 bits per heavy atom. The van der Waals surface area contributed by atoms with Crippen LogP contribution in [0.25, 0.3) is 0 Å². The largest absolute Gasteiger partial charge is 0.460 e. The van der Waals surface area contributed by atoms with Gasteiger partial charge in [-0.3, -0.25) is 4.79 Å². The quantitative estimate of drug-likeness (QED) is 0.659. The standard InChI is InChI=1S/C12H23NO2/c1-12(2,3)15-11(14)9-10-7-5-6-8-13(10)4/h10H,5-9H2,1-4H3. The van der Waals surface area contributed by atoms with Gasteiger partial charge in [-0.1, -0.05) is 6.42 Å². The van der Waals surface area contributed by atoms with E-state index in [2.05, 4.69) is 11.9 Å². The van der Waals surface area contributed by atoms with Crippen LogP contribution in [-0.4, -0.2) is 36.1 Å². The van der Waals surface area contributed by atoms with Crippen LogP contribution in [0.2, 0.25) is 0 Å². The predicted octanol–water partition coefficient (Wildman–Crippen LogP) is 2.20. The van der Waals surface area contributed by atoms with Gasteiger partial charge in [0.05, 0.1) is 6.42 Å². The Balaban J connectivity index is 2.36. The third-order valence-electron chi connectivity index (χ3n) is 2.74. The van der Waals surface area contributed by atoms with Crippen LogP contribution in [0.3, 0.4) is 0 Å². The molecule has 0 radical (unpaired) electrons. The number of hydrogen-bond donors (Lipinski definition) is 0. The van der Waals surface area contributed by atoms with Crippen molar-refractivity contribution in [2.45, 2.75) is 58.1 Å². The van der Waals surface area contributed by atoms with E-state index in [4.69, 9.17) is 4.74 Å². The fraction of sp³-hybridized carbons (Fsp3) is 0.917. The van der Waals surface area contributed by atoms with Crippen molar-refractivity contribution in [3.05, 3.63) is 0 Å². The summed E-state index contributed by atoms with van der Waals surface area (Å²) in [5.41, 5.74) is -0.357. The van der Waals surface area contributed by atoms with Gasteiger partial charge in [0.1, 0.15) is 5.60 Å². The summed E-state index contributed by atoms with van der Waals surface area (Å²) in [5.74, 6) is -0.0683. The van der Waals surface area contributed by atoms with Crippen LogP contribution >= 0.6 is 0 Å². The van der Waals surface area contributed by atoms with E-state index in [1.807, 2.05) is 20.8 Å². The van der Waals surface area contributed by atoms with E-state index in [-0.39, 0.29) is 11.6 Å². The van der Waals surface area contributed by atoms with Crippen LogP contribution in [0.4, 0.5) is 0 Å². The number of carbonyl (C=O) groups excluding carboxylic acids is 1. The molecule has 1 fully saturated rings. The van der Waals surface area contributed by atoms with Crippen LogP contribution in [0.1, 0.15) is 46.5 Å². The highest BCUT2D eigenvalue weighted by atomic mass is 16.6. The number of carbonyl (C=O) groups is 1. The molecule has 1 rings (SSSR count). The summed E-state index contributed by atoms with van der Waals surface area (Å²) in [6.07, 6.45) is 4.14. The summed E-state index contributed by atoms with van der Waals surface area (Å²) < 4.78 is 5.32. The molecule has 1 saturated heterocycles. The van der Waals surface area contributed by atoms with E-state index < -0.39 is 0 Å². The Morgan fingerprint density at radius 3 is 2.60 bits per heavy atom. The predicted molar refractivity (Wildman–Crippen MR) is 60.7 cm³/mol. The molecule has 1 aliphatic heterocycles. The summed E-state index contributed by atoms with van der Waals surface area (Å²) in [4.78, 5) is 13.9. The molecule has 0 N–H and O–H groups in total. The van der Waals surface area contributed by atoms with Crippen LogP contribution < -0.4 is 0 Å². The van der Waals surface area contributed by atoms with Crippen LogP contribution in [0.5, 0.6) is 0 Å². The summed E-state index contributed by atoms with van der Waals surface area (Å²) in [6.45, 7) is 6.84. The molecule has 0 aromatic heterocycles. The van der Waals surface area contributed by atoms with Gasteiger partial charge in [-0.2, -0.15) is 0 Å². The first-order valence-corrected chi connectivity index (χ1v) is 5.80. The second-order valence-electron chi connectivity index (χ2n) is 5.42. The zero-order valence-electron chi connectivity index (χ0n) is 10.4. The molecule has 0 amide bonds. The van der Waals surface area contributed by atoms with Gasteiger partial charge in [0, 0.05) is 6.04 Å². The lowest BCUT2D eigenvalue weighted by Crippen LogP contribution is -2.39. The van der Waals surface area contributed by atoms with E-state index in [0.717, 1.165) is 13.0 Å². The molecule has 15 heavy (non-hydrogen) atoms. The molecule has 1 unspecified atom stereocenters. The van der Waals surface area contributed by atoms with E-state index >= 15 is 0 Å². The highest BCUT2D eigenvalue weighted by molar-refractivity contribution is 5.70. The Bertz CT molecular complexity index is 220. The fourth-order valence-corrected chi connectivity index (χ4v) is 1.98. The summed E-state index contributed by atoms with van der Waals surface area (Å²) in [5, 5.41) is 0. The van der Waals surface area contributed by atoms with E-state index in [1.165, 1.54) is 12.8 Å². The third kappa shape index (κ3) is 4.65. The minimum atomic E-state index is -0.357. The fourth-order valence-electron chi connectivity index (χ4n) is 1.98. The Kier molecular flexibility index (Phi) is 4.14. The molecule has 0 aromatic carbocycles. The number of piperidine rings is 1. The summed E-state index contributed by atoms with van der Waals surface area (Å²) in [7, 11) is 2.09. The number of ether oxygens (including phenoxy) is 1. The van der Waals surface area contributed by atoms with Crippen LogP contribution in [-0.2, 0) is 9.53 Å².